The smallest absolute Gasteiger partial charge is 0.163 e. The second kappa shape index (κ2) is 3.35. The van der Waals surface area contributed by atoms with Gasteiger partial charge in [0, 0.05) is 17.8 Å². The van der Waals surface area contributed by atoms with Gasteiger partial charge in [-0.05, 0) is 31.0 Å². The van der Waals surface area contributed by atoms with E-state index in [1.807, 2.05) is 24.3 Å². The summed E-state index contributed by atoms with van der Waals surface area (Å²) in [4.78, 5) is 4.64. The zero-order chi connectivity index (χ0) is 12.1. The zero-order valence-electron chi connectivity index (χ0n) is 9.71. The second-order valence-corrected chi connectivity index (χ2v) is 4.67. The van der Waals surface area contributed by atoms with E-state index >= 15 is 0 Å². The molecule has 0 bridgehead atoms. The molecule has 1 aliphatic carbocycles. The number of hydrogen-bond donors (Lipinski definition) is 1. The zero-order valence-corrected chi connectivity index (χ0v) is 9.71. The molecule has 0 unspecified atom stereocenters. The van der Waals surface area contributed by atoms with Crippen LogP contribution in [0.4, 0.5) is 5.69 Å². The van der Waals surface area contributed by atoms with Crippen LogP contribution in [0.3, 0.4) is 0 Å². The van der Waals surface area contributed by atoms with E-state index in [1.165, 1.54) is 12.8 Å². The number of nitrogen functional groups attached to an aromatic ring is 1. The highest BCUT2D eigenvalue weighted by Crippen LogP contribution is 2.41. The summed E-state index contributed by atoms with van der Waals surface area (Å²) in [6.45, 7) is 0. The highest BCUT2D eigenvalue weighted by atomic mass is 16.5. The molecule has 0 aliphatic heterocycles. The van der Waals surface area contributed by atoms with Crippen molar-refractivity contribution < 1.29 is 4.52 Å². The van der Waals surface area contributed by atoms with Crippen molar-refractivity contribution in [3.05, 3.63) is 30.5 Å². The molecule has 0 saturated heterocycles. The molecule has 5 nitrogen and oxygen atoms in total. The number of rotatable bonds is 2. The van der Waals surface area contributed by atoms with Crippen LogP contribution < -0.4 is 5.73 Å². The number of imidazole rings is 1. The standard InChI is InChI=1S/C13H12N4O/c14-8-1-4-10-12(7-8)17(9-2-3-9)13(15-10)11-5-6-18-16-11/h1,4-7,9H,2-3,14H2. The number of nitrogens with two attached hydrogens (primary N) is 1. The first kappa shape index (κ1) is 9.70. The topological polar surface area (TPSA) is 69.9 Å². The summed E-state index contributed by atoms with van der Waals surface area (Å²) in [6.07, 6.45) is 3.94. The van der Waals surface area contributed by atoms with Crippen LogP contribution in [0.15, 0.2) is 35.1 Å². The summed E-state index contributed by atoms with van der Waals surface area (Å²) in [7, 11) is 0. The van der Waals surface area contributed by atoms with Gasteiger partial charge in [-0.15, -0.1) is 0 Å². The minimum Gasteiger partial charge on any atom is -0.399 e. The Morgan fingerprint density at radius 1 is 1.28 bits per heavy atom. The minimum absolute atomic E-state index is 0.517. The van der Waals surface area contributed by atoms with E-state index in [1.54, 1.807) is 6.26 Å². The van der Waals surface area contributed by atoms with E-state index in [-0.39, 0.29) is 0 Å². The highest BCUT2D eigenvalue weighted by Gasteiger charge is 2.29. The highest BCUT2D eigenvalue weighted by molar-refractivity contribution is 5.83. The molecule has 0 radical (unpaired) electrons. The van der Waals surface area contributed by atoms with Gasteiger partial charge >= 0.3 is 0 Å². The summed E-state index contributed by atoms with van der Waals surface area (Å²) in [6, 6.07) is 8.16. The quantitative estimate of drug-likeness (QED) is 0.699. The average Bonchev–Trinajstić information content (AvgIpc) is 2.93. The van der Waals surface area contributed by atoms with Crippen LogP contribution in [0.2, 0.25) is 0 Å². The maximum absolute atomic E-state index is 5.87. The Morgan fingerprint density at radius 2 is 2.17 bits per heavy atom. The number of hydrogen-bond acceptors (Lipinski definition) is 4. The van der Waals surface area contributed by atoms with Gasteiger partial charge in [-0.1, -0.05) is 5.16 Å². The first-order chi connectivity index (χ1) is 8.83. The molecule has 1 aromatic carbocycles. The van der Waals surface area contributed by atoms with E-state index in [0.717, 1.165) is 28.2 Å². The Hall–Kier alpha value is -2.30. The van der Waals surface area contributed by atoms with Gasteiger partial charge in [-0.2, -0.15) is 0 Å². The van der Waals surface area contributed by atoms with Gasteiger partial charge in [0.15, 0.2) is 5.82 Å². The summed E-state index contributed by atoms with van der Waals surface area (Å²) in [5.74, 6) is 0.867. The third-order valence-electron chi connectivity index (χ3n) is 3.29. The van der Waals surface area contributed by atoms with Crippen LogP contribution in [0.25, 0.3) is 22.6 Å². The summed E-state index contributed by atoms with van der Waals surface area (Å²) >= 11 is 0. The van der Waals surface area contributed by atoms with Crippen LogP contribution in [-0.2, 0) is 0 Å². The molecule has 2 N–H and O–H groups in total. The monoisotopic (exact) mass is 240 g/mol. The molecule has 3 aromatic rings. The van der Waals surface area contributed by atoms with E-state index in [0.29, 0.717) is 6.04 Å². The van der Waals surface area contributed by atoms with Gasteiger partial charge in [-0.3, -0.25) is 0 Å². The molecule has 18 heavy (non-hydrogen) atoms. The molecular formula is C13H12N4O. The minimum atomic E-state index is 0.517. The van der Waals surface area contributed by atoms with Crippen LogP contribution in [0, 0.1) is 0 Å². The molecule has 0 atom stereocenters. The Morgan fingerprint density at radius 3 is 2.89 bits per heavy atom. The molecule has 0 spiro atoms. The SMILES string of the molecule is Nc1ccc2nc(-c3ccon3)n(C3CC3)c2c1. The number of anilines is 1. The van der Waals surface area contributed by atoms with Crippen molar-refractivity contribution in [3.8, 4) is 11.5 Å². The molecule has 2 aromatic heterocycles. The first-order valence-corrected chi connectivity index (χ1v) is 6.01. The number of aromatic nitrogens is 3. The van der Waals surface area contributed by atoms with Crippen LogP contribution in [-0.4, -0.2) is 14.7 Å². The lowest BCUT2D eigenvalue weighted by Gasteiger charge is -2.05. The van der Waals surface area contributed by atoms with Crippen LogP contribution >= 0.6 is 0 Å². The van der Waals surface area contributed by atoms with Crippen molar-refractivity contribution in [3.63, 3.8) is 0 Å². The largest absolute Gasteiger partial charge is 0.399 e. The Labute approximate surface area is 103 Å². The van der Waals surface area contributed by atoms with Crippen LogP contribution in [0.5, 0.6) is 0 Å². The molecule has 5 heteroatoms. The van der Waals surface area contributed by atoms with Crippen molar-refractivity contribution in [1.29, 1.82) is 0 Å². The summed E-state index contributed by atoms with van der Waals surface area (Å²) in [5.41, 5.74) is 9.43. The van der Waals surface area contributed by atoms with E-state index in [4.69, 9.17) is 10.3 Å². The van der Waals surface area contributed by atoms with Crippen molar-refractivity contribution in [1.82, 2.24) is 14.7 Å². The lowest BCUT2D eigenvalue weighted by molar-refractivity contribution is 0.421. The van der Waals surface area contributed by atoms with Crippen molar-refractivity contribution in [2.45, 2.75) is 18.9 Å². The van der Waals surface area contributed by atoms with E-state index in [9.17, 15) is 0 Å². The Bertz CT molecular complexity index is 710. The lowest BCUT2D eigenvalue weighted by atomic mass is 10.3. The molecule has 1 saturated carbocycles. The fourth-order valence-corrected chi connectivity index (χ4v) is 2.32. The number of nitrogens with zero attached hydrogens (tertiary/aromatic N) is 3. The third kappa shape index (κ3) is 1.33. The van der Waals surface area contributed by atoms with Gasteiger partial charge in [0.05, 0.1) is 11.0 Å². The summed E-state index contributed by atoms with van der Waals surface area (Å²) < 4.78 is 7.14. The maximum atomic E-state index is 5.87. The fourth-order valence-electron chi connectivity index (χ4n) is 2.32. The van der Waals surface area contributed by atoms with Crippen LogP contribution in [0.1, 0.15) is 18.9 Å². The maximum Gasteiger partial charge on any atom is 0.163 e. The second-order valence-electron chi connectivity index (χ2n) is 4.67. The van der Waals surface area contributed by atoms with E-state index in [2.05, 4.69) is 14.7 Å². The third-order valence-corrected chi connectivity index (χ3v) is 3.29. The molecule has 1 fully saturated rings. The average molecular weight is 240 g/mol. The predicted molar refractivity (Wildman–Crippen MR) is 67.9 cm³/mol. The normalized spacial score (nSPS) is 15.3. The van der Waals surface area contributed by atoms with Gasteiger partial charge in [-0.25, -0.2) is 4.98 Å². The first-order valence-electron chi connectivity index (χ1n) is 6.01. The van der Waals surface area contributed by atoms with Crippen molar-refractivity contribution >= 4 is 16.7 Å². The number of fused-ring (bicyclic) bond motifs is 1. The molecule has 0 amide bonds. The van der Waals surface area contributed by atoms with Gasteiger partial charge in [0.2, 0.25) is 0 Å². The van der Waals surface area contributed by atoms with E-state index < -0.39 is 0 Å². The molecule has 90 valence electrons. The van der Waals surface area contributed by atoms with Crippen molar-refractivity contribution in [2.24, 2.45) is 0 Å². The summed E-state index contributed by atoms with van der Waals surface area (Å²) in [5, 5.41) is 3.99. The molecular weight excluding hydrogens is 228 g/mol. The lowest BCUT2D eigenvalue weighted by Crippen LogP contribution is -1.97. The predicted octanol–water partition coefficient (Wildman–Crippen LogP) is 2.61. The van der Waals surface area contributed by atoms with Gasteiger partial charge < -0.3 is 14.8 Å². The molecule has 4 rings (SSSR count). The fraction of sp³-hybridized carbons (Fsp3) is 0.231. The van der Waals surface area contributed by atoms with Gasteiger partial charge in [0.25, 0.3) is 0 Å². The van der Waals surface area contributed by atoms with Gasteiger partial charge in [0.1, 0.15) is 12.0 Å². The molecule has 1 aliphatic rings. The molecule has 2 heterocycles. The Balaban J connectivity index is 2.04. The number of benzene rings is 1. The van der Waals surface area contributed by atoms with Crippen molar-refractivity contribution in [2.75, 3.05) is 5.73 Å². The Kier molecular flexibility index (Phi) is 1.81.